The lowest BCUT2D eigenvalue weighted by atomic mass is 9.93. The topological polar surface area (TPSA) is 98.0 Å². The van der Waals surface area contributed by atoms with Crippen molar-refractivity contribution in [3.63, 3.8) is 0 Å². The minimum absolute atomic E-state index is 0.0606. The Morgan fingerprint density at radius 1 is 1.47 bits per heavy atom. The summed E-state index contributed by atoms with van der Waals surface area (Å²) in [5, 5.41) is 7.21. The van der Waals surface area contributed by atoms with Crippen LogP contribution in [-0.4, -0.2) is 25.2 Å². The average Bonchev–Trinajstić information content (AvgIpc) is 2.92. The average molecular weight is 276 g/mol. The Bertz CT molecular complexity index is 505. The van der Waals surface area contributed by atoms with Crippen LogP contribution in [0.4, 0.5) is 5.13 Å². The largest absolute Gasteiger partial charge is 0.374 e. The van der Waals surface area contributed by atoms with Crippen molar-refractivity contribution in [1.29, 1.82) is 0 Å². The third kappa shape index (κ3) is 2.58. The number of nitrogen functional groups attached to an aromatic ring is 1. The van der Waals surface area contributed by atoms with Gasteiger partial charge < -0.3 is 5.73 Å². The molecule has 0 aliphatic heterocycles. The van der Waals surface area contributed by atoms with Crippen molar-refractivity contribution in [2.75, 3.05) is 12.3 Å². The molecule has 96 valence electrons. The highest BCUT2D eigenvalue weighted by Crippen LogP contribution is 2.51. The van der Waals surface area contributed by atoms with Crippen LogP contribution in [0.2, 0.25) is 0 Å². The molecule has 8 heteroatoms. The van der Waals surface area contributed by atoms with Crippen LogP contribution in [0.1, 0.15) is 26.7 Å². The molecule has 17 heavy (non-hydrogen) atoms. The van der Waals surface area contributed by atoms with E-state index in [4.69, 9.17) is 5.73 Å². The summed E-state index contributed by atoms with van der Waals surface area (Å²) in [6.45, 7) is 4.70. The van der Waals surface area contributed by atoms with Gasteiger partial charge in [-0.25, -0.2) is 13.1 Å². The van der Waals surface area contributed by atoms with Crippen LogP contribution in [0.25, 0.3) is 0 Å². The Kier molecular flexibility index (Phi) is 3.13. The van der Waals surface area contributed by atoms with E-state index in [9.17, 15) is 8.42 Å². The van der Waals surface area contributed by atoms with Gasteiger partial charge in [-0.15, -0.1) is 10.2 Å². The van der Waals surface area contributed by atoms with Gasteiger partial charge in [0.15, 0.2) is 0 Å². The zero-order valence-corrected chi connectivity index (χ0v) is 11.4. The molecule has 1 heterocycles. The predicted molar refractivity (Wildman–Crippen MR) is 66.0 cm³/mol. The number of rotatable bonds is 5. The minimum Gasteiger partial charge on any atom is -0.374 e. The predicted octanol–water partition coefficient (Wildman–Crippen LogP) is 0.835. The van der Waals surface area contributed by atoms with Gasteiger partial charge >= 0.3 is 0 Å². The minimum atomic E-state index is -3.55. The standard InChI is InChI=1S/C9H16N4O2S2/c1-6(2)9(3-4-9)5-11-17(14,15)8-13-12-7(10)16-8/h6,11H,3-5H2,1-2H3,(H2,10,12). The molecule has 3 N–H and O–H groups in total. The zero-order valence-electron chi connectivity index (χ0n) is 9.80. The highest BCUT2D eigenvalue weighted by Gasteiger charge is 2.45. The molecule has 0 unspecified atom stereocenters. The molecule has 1 aromatic rings. The summed E-state index contributed by atoms with van der Waals surface area (Å²) in [5.41, 5.74) is 5.50. The van der Waals surface area contributed by atoms with Gasteiger partial charge in [0.2, 0.25) is 9.47 Å². The third-order valence-corrected chi connectivity index (χ3v) is 5.90. The molecule has 1 fully saturated rings. The molecule has 0 amide bonds. The van der Waals surface area contributed by atoms with Gasteiger partial charge in [0.25, 0.3) is 10.0 Å². The van der Waals surface area contributed by atoms with Crippen LogP contribution in [0.3, 0.4) is 0 Å². The van der Waals surface area contributed by atoms with Crippen molar-refractivity contribution in [2.24, 2.45) is 11.3 Å². The van der Waals surface area contributed by atoms with Gasteiger partial charge in [0.1, 0.15) is 0 Å². The molecule has 0 atom stereocenters. The number of hydrogen-bond acceptors (Lipinski definition) is 6. The first-order valence-corrected chi connectivity index (χ1v) is 7.74. The Morgan fingerprint density at radius 3 is 2.53 bits per heavy atom. The summed E-state index contributed by atoms with van der Waals surface area (Å²) in [5.74, 6) is 0.477. The van der Waals surface area contributed by atoms with Crippen molar-refractivity contribution in [1.82, 2.24) is 14.9 Å². The molecule has 1 aliphatic rings. The van der Waals surface area contributed by atoms with Crippen LogP contribution in [0.15, 0.2) is 4.34 Å². The fraction of sp³-hybridized carbons (Fsp3) is 0.778. The van der Waals surface area contributed by atoms with Gasteiger partial charge in [-0.1, -0.05) is 25.2 Å². The second kappa shape index (κ2) is 4.18. The normalized spacial score (nSPS) is 18.5. The van der Waals surface area contributed by atoms with E-state index in [1.165, 1.54) is 0 Å². The fourth-order valence-electron chi connectivity index (χ4n) is 1.75. The van der Waals surface area contributed by atoms with E-state index >= 15 is 0 Å². The molecule has 6 nitrogen and oxygen atoms in total. The number of hydrogen-bond donors (Lipinski definition) is 2. The Balaban J connectivity index is 2.04. The lowest BCUT2D eigenvalue weighted by molar-refractivity contribution is 0.357. The van der Waals surface area contributed by atoms with E-state index in [1.807, 2.05) is 0 Å². The van der Waals surface area contributed by atoms with Crippen molar-refractivity contribution >= 4 is 26.5 Å². The fourth-order valence-corrected chi connectivity index (χ4v) is 3.71. The SMILES string of the molecule is CC(C)C1(CNS(=O)(=O)c2nnc(N)s2)CC1. The van der Waals surface area contributed by atoms with Crippen LogP contribution in [0, 0.1) is 11.3 Å². The smallest absolute Gasteiger partial charge is 0.269 e. The van der Waals surface area contributed by atoms with Gasteiger partial charge in [0, 0.05) is 6.54 Å². The lowest BCUT2D eigenvalue weighted by Gasteiger charge is -2.19. The summed E-state index contributed by atoms with van der Waals surface area (Å²) in [6.07, 6.45) is 2.15. The van der Waals surface area contributed by atoms with E-state index in [-0.39, 0.29) is 14.9 Å². The molecule has 0 saturated heterocycles. The van der Waals surface area contributed by atoms with Crippen LogP contribution < -0.4 is 10.5 Å². The monoisotopic (exact) mass is 276 g/mol. The van der Waals surface area contributed by atoms with Crippen molar-refractivity contribution in [2.45, 2.75) is 31.0 Å². The second-order valence-corrected chi connectivity index (χ2v) is 7.70. The first-order valence-electron chi connectivity index (χ1n) is 5.44. The van der Waals surface area contributed by atoms with E-state index in [0.29, 0.717) is 12.5 Å². The lowest BCUT2D eigenvalue weighted by Crippen LogP contribution is -2.32. The van der Waals surface area contributed by atoms with Crippen LogP contribution >= 0.6 is 11.3 Å². The van der Waals surface area contributed by atoms with Crippen molar-refractivity contribution in [3.05, 3.63) is 0 Å². The van der Waals surface area contributed by atoms with E-state index in [1.54, 1.807) is 0 Å². The van der Waals surface area contributed by atoms with E-state index in [0.717, 1.165) is 24.2 Å². The van der Waals surface area contributed by atoms with Gasteiger partial charge in [-0.3, -0.25) is 0 Å². The summed E-state index contributed by atoms with van der Waals surface area (Å²) >= 11 is 0.879. The highest BCUT2D eigenvalue weighted by atomic mass is 32.2. The Hall–Kier alpha value is -0.730. The summed E-state index contributed by atoms with van der Waals surface area (Å²) in [7, 11) is -3.55. The summed E-state index contributed by atoms with van der Waals surface area (Å²) in [6, 6.07) is 0. The summed E-state index contributed by atoms with van der Waals surface area (Å²) in [4.78, 5) is 0. The number of aromatic nitrogens is 2. The maximum atomic E-state index is 11.9. The zero-order chi connectivity index (χ0) is 12.7. The first kappa shape index (κ1) is 12.7. The molecule has 0 spiro atoms. The van der Waals surface area contributed by atoms with Gasteiger partial charge in [0.05, 0.1) is 0 Å². The van der Waals surface area contributed by atoms with Crippen LogP contribution in [-0.2, 0) is 10.0 Å². The molecule has 0 radical (unpaired) electrons. The second-order valence-electron chi connectivity index (χ2n) is 4.75. The Morgan fingerprint density at radius 2 is 2.12 bits per heavy atom. The number of anilines is 1. The van der Waals surface area contributed by atoms with Crippen LogP contribution in [0.5, 0.6) is 0 Å². The van der Waals surface area contributed by atoms with E-state index < -0.39 is 10.0 Å². The van der Waals surface area contributed by atoms with Gasteiger partial charge in [-0.2, -0.15) is 0 Å². The first-order chi connectivity index (χ1) is 7.86. The molecule has 1 aromatic heterocycles. The molecule has 0 aromatic carbocycles. The van der Waals surface area contributed by atoms with Crippen molar-refractivity contribution in [3.8, 4) is 0 Å². The Labute approximate surface area is 105 Å². The molecular weight excluding hydrogens is 260 g/mol. The van der Waals surface area contributed by atoms with Crippen molar-refractivity contribution < 1.29 is 8.42 Å². The number of sulfonamides is 1. The molecule has 2 rings (SSSR count). The molecule has 1 saturated carbocycles. The highest BCUT2D eigenvalue weighted by molar-refractivity contribution is 7.91. The molecule has 0 bridgehead atoms. The molecular formula is C9H16N4O2S2. The maximum Gasteiger partial charge on any atom is 0.269 e. The van der Waals surface area contributed by atoms with Gasteiger partial charge in [-0.05, 0) is 24.2 Å². The third-order valence-electron chi connectivity index (χ3n) is 3.38. The maximum absolute atomic E-state index is 11.9. The van der Waals surface area contributed by atoms with E-state index in [2.05, 4.69) is 28.8 Å². The number of nitrogens with two attached hydrogens (primary N) is 1. The summed E-state index contributed by atoms with van der Waals surface area (Å²) < 4.78 is 26.3. The number of nitrogens with zero attached hydrogens (tertiary/aromatic N) is 2. The molecule has 1 aliphatic carbocycles. The quantitative estimate of drug-likeness (QED) is 0.830. The number of nitrogens with one attached hydrogen (secondary N) is 1.